The van der Waals surface area contributed by atoms with Crippen LogP contribution >= 0.6 is 0 Å². The fraction of sp³-hybridized carbons (Fsp3) is 0.333. The van der Waals surface area contributed by atoms with Crippen molar-refractivity contribution in [3.63, 3.8) is 0 Å². The van der Waals surface area contributed by atoms with Crippen molar-refractivity contribution in [3.05, 3.63) is 63.8 Å². The molecule has 1 aliphatic rings. The van der Waals surface area contributed by atoms with E-state index in [9.17, 15) is 14.0 Å². The Morgan fingerprint density at radius 2 is 1.96 bits per heavy atom. The summed E-state index contributed by atoms with van der Waals surface area (Å²) >= 11 is 0. The zero-order chi connectivity index (χ0) is 17.8. The molecule has 132 valence electrons. The van der Waals surface area contributed by atoms with Gasteiger partial charge in [0, 0.05) is 38.8 Å². The Bertz CT molecular complexity index is 813. The first-order chi connectivity index (χ1) is 12.0. The molecule has 2 heterocycles. The highest BCUT2D eigenvalue weighted by Gasteiger charge is 2.15. The van der Waals surface area contributed by atoms with Crippen LogP contribution in [0.1, 0.15) is 16.1 Å². The average Bonchev–Trinajstić information content (AvgIpc) is 2.59. The number of piperazine rings is 1. The fourth-order valence-corrected chi connectivity index (χ4v) is 2.79. The van der Waals surface area contributed by atoms with E-state index < -0.39 is 11.7 Å². The van der Waals surface area contributed by atoms with Crippen LogP contribution < -0.4 is 10.9 Å². The summed E-state index contributed by atoms with van der Waals surface area (Å²) in [6.45, 7) is 4.61. The number of halogens is 1. The van der Waals surface area contributed by atoms with E-state index in [1.165, 1.54) is 24.3 Å². The third-order valence-electron chi connectivity index (χ3n) is 4.30. The SMILES string of the molecule is CN1CCN(Cc2ccc(NC(=O)c3cccc(=O)[nH]3)c(F)c2)CC1. The van der Waals surface area contributed by atoms with Crippen LogP contribution in [0.5, 0.6) is 0 Å². The molecule has 1 fully saturated rings. The number of nitrogens with zero attached hydrogens (tertiary/aromatic N) is 2. The number of aromatic nitrogens is 1. The van der Waals surface area contributed by atoms with E-state index in [0.29, 0.717) is 6.54 Å². The molecule has 6 nitrogen and oxygen atoms in total. The molecule has 0 spiro atoms. The van der Waals surface area contributed by atoms with E-state index in [1.54, 1.807) is 6.07 Å². The third kappa shape index (κ3) is 4.52. The van der Waals surface area contributed by atoms with Gasteiger partial charge in [0.1, 0.15) is 11.5 Å². The minimum absolute atomic E-state index is 0.0911. The molecule has 0 unspecified atom stereocenters. The Morgan fingerprint density at radius 3 is 2.64 bits per heavy atom. The van der Waals surface area contributed by atoms with Gasteiger partial charge in [-0.1, -0.05) is 12.1 Å². The molecule has 0 bridgehead atoms. The lowest BCUT2D eigenvalue weighted by atomic mass is 10.1. The number of H-pyrrole nitrogens is 1. The molecule has 7 heteroatoms. The Labute approximate surface area is 145 Å². The van der Waals surface area contributed by atoms with Gasteiger partial charge in [-0.3, -0.25) is 14.5 Å². The van der Waals surface area contributed by atoms with E-state index in [4.69, 9.17) is 0 Å². The molecular formula is C18H21FN4O2. The van der Waals surface area contributed by atoms with Gasteiger partial charge in [0.25, 0.3) is 5.91 Å². The van der Waals surface area contributed by atoms with E-state index in [2.05, 4.69) is 27.1 Å². The number of aromatic amines is 1. The summed E-state index contributed by atoms with van der Waals surface area (Å²) in [4.78, 5) is 30.3. The molecule has 1 amide bonds. The number of carbonyl (C=O) groups is 1. The summed E-state index contributed by atoms with van der Waals surface area (Å²) < 4.78 is 14.3. The molecule has 1 aromatic heterocycles. The van der Waals surface area contributed by atoms with E-state index >= 15 is 0 Å². The molecule has 1 aliphatic heterocycles. The summed E-state index contributed by atoms with van der Waals surface area (Å²) in [6.07, 6.45) is 0. The average molecular weight is 344 g/mol. The number of pyridine rings is 1. The largest absolute Gasteiger partial charge is 0.318 e. The number of carbonyl (C=O) groups excluding carboxylic acids is 1. The summed E-state index contributed by atoms with van der Waals surface area (Å²) in [5.74, 6) is -1.04. The monoisotopic (exact) mass is 344 g/mol. The molecule has 1 saturated heterocycles. The van der Waals surface area contributed by atoms with E-state index in [1.807, 2.05) is 6.07 Å². The van der Waals surface area contributed by atoms with Crippen molar-refractivity contribution >= 4 is 11.6 Å². The number of amides is 1. The lowest BCUT2D eigenvalue weighted by Crippen LogP contribution is -2.43. The van der Waals surface area contributed by atoms with Crippen molar-refractivity contribution in [1.29, 1.82) is 0 Å². The molecule has 25 heavy (non-hydrogen) atoms. The van der Waals surface area contributed by atoms with Crippen LogP contribution in [0.25, 0.3) is 0 Å². The quantitative estimate of drug-likeness (QED) is 0.882. The minimum atomic E-state index is -0.552. The Kier molecular flexibility index (Phi) is 5.25. The van der Waals surface area contributed by atoms with Crippen LogP contribution in [0.2, 0.25) is 0 Å². The zero-order valence-corrected chi connectivity index (χ0v) is 14.1. The first kappa shape index (κ1) is 17.3. The second-order valence-corrected chi connectivity index (χ2v) is 6.28. The molecule has 2 aromatic rings. The van der Waals surface area contributed by atoms with Crippen LogP contribution in [0, 0.1) is 5.82 Å². The number of likely N-dealkylation sites (N-methyl/N-ethyl adjacent to an activating group) is 1. The molecule has 1 aromatic carbocycles. The smallest absolute Gasteiger partial charge is 0.272 e. The Hall–Kier alpha value is -2.51. The van der Waals surface area contributed by atoms with Gasteiger partial charge in [-0.15, -0.1) is 0 Å². The highest BCUT2D eigenvalue weighted by molar-refractivity contribution is 6.02. The van der Waals surface area contributed by atoms with E-state index in [0.717, 1.165) is 31.7 Å². The lowest BCUT2D eigenvalue weighted by molar-refractivity contribution is 0.102. The standard InChI is InChI=1S/C18H21FN4O2/c1-22-7-9-23(10-8-22)12-13-5-6-15(14(19)11-13)21-18(25)16-3-2-4-17(24)20-16/h2-6,11H,7-10,12H2,1H3,(H,20,24)(H,21,25). The van der Waals surface area contributed by atoms with Crippen molar-refractivity contribution in [3.8, 4) is 0 Å². The van der Waals surface area contributed by atoms with Crippen LogP contribution in [0.4, 0.5) is 10.1 Å². The van der Waals surface area contributed by atoms with Gasteiger partial charge >= 0.3 is 0 Å². The molecule has 0 aliphatic carbocycles. The van der Waals surface area contributed by atoms with Crippen LogP contribution in [-0.2, 0) is 6.54 Å². The highest BCUT2D eigenvalue weighted by Crippen LogP contribution is 2.18. The summed E-state index contributed by atoms with van der Waals surface area (Å²) in [7, 11) is 2.09. The van der Waals surface area contributed by atoms with Gasteiger partial charge < -0.3 is 15.2 Å². The number of hydrogen-bond donors (Lipinski definition) is 2. The summed E-state index contributed by atoms with van der Waals surface area (Å²) in [5, 5.41) is 2.49. The van der Waals surface area contributed by atoms with Crippen LogP contribution in [0.15, 0.2) is 41.2 Å². The molecular weight excluding hydrogens is 323 g/mol. The second kappa shape index (κ2) is 7.58. The normalized spacial score (nSPS) is 15.9. The van der Waals surface area contributed by atoms with Gasteiger partial charge in [-0.05, 0) is 30.8 Å². The molecule has 2 N–H and O–H groups in total. The topological polar surface area (TPSA) is 68.4 Å². The van der Waals surface area contributed by atoms with Gasteiger partial charge in [0.2, 0.25) is 5.56 Å². The highest BCUT2D eigenvalue weighted by atomic mass is 19.1. The maximum Gasteiger partial charge on any atom is 0.272 e. The third-order valence-corrected chi connectivity index (χ3v) is 4.30. The van der Waals surface area contributed by atoms with Crippen LogP contribution in [0.3, 0.4) is 0 Å². The summed E-state index contributed by atoms with van der Waals surface area (Å²) in [5.41, 5.74) is 0.675. The molecule has 3 rings (SSSR count). The van der Waals surface area contributed by atoms with Crippen LogP contribution in [-0.4, -0.2) is 53.9 Å². The predicted octanol–water partition coefficient (Wildman–Crippen LogP) is 1.51. The van der Waals surface area contributed by atoms with Crippen molar-refractivity contribution in [2.24, 2.45) is 0 Å². The van der Waals surface area contributed by atoms with Crippen molar-refractivity contribution < 1.29 is 9.18 Å². The number of nitrogens with one attached hydrogen (secondary N) is 2. The maximum absolute atomic E-state index is 14.3. The first-order valence-electron chi connectivity index (χ1n) is 8.21. The Balaban J connectivity index is 1.65. The molecule has 0 atom stereocenters. The number of benzene rings is 1. The minimum Gasteiger partial charge on any atom is -0.318 e. The van der Waals surface area contributed by atoms with Gasteiger partial charge in [-0.2, -0.15) is 0 Å². The number of rotatable bonds is 4. The predicted molar refractivity (Wildman–Crippen MR) is 94.2 cm³/mol. The zero-order valence-electron chi connectivity index (χ0n) is 14.1. The van der Waals surface area contributed by atoms with E-state index in [-0.39, 0.29) is 16.9 Å². The van der Waals surface area contributed by atoms with Gasteiger partial charge in [-0.25, -0.2) is 4.39 Å². The van der Waals surface area contributed by atoms with Gasteiger partial charge in [0.15, 0.2) is 0 Å². The maximum atomic E-state index is 14.3. The Morgan fingerprint density at radius 1 is 1.20 bits per heavy atom. The lowest BCUT2D eigenvalue weighted by Gasteiger charge is -2.32. The van der Waals surface area contributed by atoms with Crippen molar-refractivity contribution in [2.75, 3.05) is 38.5 Å². The number of anilines is 1. The number of hydrogen-bond acceptors (Lipinski definition) is 4. The second-order valence-electron chi connectivity index (χ2n) is 6.28. The fourth-order valence-electron chi connectivity index (χ4n) is 2.79. The first-order valence-corrected chi connectivity index (χ1v) is 8.21. The van der Waals surface area contributed by atoms with Crippen molar-refractivity contribution in [1.82, 2.24) is 14.8 Å². The summed E-state index contributed by atoms with van der Waals surface area (Å²) in [6, 6.07) is 9.07. The molecule has 0 saturated carbocycles. The van der Waals surface area contributed by atoms with Crippen molar-refractivity contribution in [2.45, 2.75) is 6.54 Å². The molecule has 0 radical (unpaired) electrons. The van der Waals surface area contributed by atoms with Gasteiger partial charge in [0.05, 0.1) is 5.69 Å².